The van der Waals surface area contributed by atoms with Crippen molar-refractivity contribution in [1.82, 2.24) is 4.72 Å². The molecule has 1 aliphatic carbocycles. The van der Waals surface area contributed by atoms with Gasteiger partial charge in [0.1, 0.15) is 0 Å². The molecule has 0 saturated heterocycles. The summed E-state index contributed by atoms with van der Waals surface area (Å²) < 4.78 is 23.8. The van der Waals surface area contributed by atoms with E-state index in [-0.39, 0.29) is 0 Å². The van der Waals surface area contributed by atoms with Crippen molar-refractivity contribution in [2.45, 2.75) is 32.6 Å². The van der Waals surface area contributed by atoms with Crippen LogP contribution in [0.3, 0.4) is 0 Å². The average Bonchev–Trinajstić information content (AvgIpc) is 2.39. The molecule has 1 atom stereocenters. The van der Waals surface area contributed by atoms with Gasteiger partial charge in [-0.05, 0) is 48.3 Å². The van der Waals surface area contributed by atoms with Gasteiger partial charge in [0.25, 0.3) is 10.2 Å². The Kier molecular flexibility index (Phi) is 4.96. The molecule has 1 aliphatic rings. The lowest BCUT2D eigenvalue weighted by molar-refractivity contribution is 0.534. The zero-order valence-electron chi connectivity index (χ0n) is 11.8. The minimum atomic E-state index is -3.58. The average molecular weight is 294 g/mol. The highest BCUT2D eigenvalue weighted by Crippen LogP contribution is 2.29. The molecule has 2 rings (SSSR count). The van der Waals surface area contributed by atoms with Gasteiger partial charge in [0.15, 0.2) is 0 Å². The standard InChI is InChI=1S/C15H22N2O2S/c1-12-2-6-14(7-3-12)15-8-4-13(5-9-15)10-11-17-20(16,18)19/h4-6,8-9,12,17H,2-3,7,10-11H2,1H3,(H2,16,18,19). The molecule has 0 spiro atoms. The summed E-state index contributed by atoms with van der Waals surface area (Å²) >= 11 is 0. The Morgan fingerprint density at radius 1 is 1.30 bits per heavy atom. The van der Waals surface area contributed by atoms with Crippen LogP contribution in [0.5, 0.6) is 0 Å². The van der Waals surface area contributed by atoms with Gasteiger partial charge in [-0.15, -0.1) is 0 Å². The minimum absolute atomic E-state index is 0.332. The lowest BCUT2D eigenvalue weighted by atomic mass is 9.87. The van der Waals surface area contributed by atoms with E-state index < -0.39 is 10.2 Å². The first-order chi connectivity index (χ1) is 9.44. The summed E-state index contributed by atoms with van der Waals surface area (Å²) in [6.45, 7) is 2.62. The summed E-state index contributed by atoms with van der Waals surface area (Å²) in [5, 5.41) is 4.89. The Bertz CT molecular complexity index is 576. The maximum atomic E-state index is 10.8. The molecule has 0 saturated carbocycles. The van der Waals surface area contributed by atoms with Crippen LogP contribution in [0.1, 0.15) is 37.3 Å². The molecule has 3 N–H and O–H groups in total. The van der Waals surface area contributed by atoms with Crippen molar-refractivity contribution in [3.63, 3.8) is 0 Å². The molecule has 0 heterocycles. The van der Waals surface area contributed by atoms with Crippen molar-refractivity contribution in [2.24, 2.45) is 11.1 Å². The van der Waals surface area contributed by atoms with Gasteiger partial charge in [0.05, 0.1) is 0 Å². The molecule has 0 bridgehead atoms. The third-order valence-corrected chi connectivity index (χ3v) is 4.32. The fourth-order valence-corrected chi connectivity index (χ4v) is 2.84. The molecule has 0 fully saturated rings. The maximum Gasteiger partial charge on any atom is 0.274 e. The summed E-state index contributed by atoms with van der Waals surface area (Å²) in [7, 11) is -3.58. The molecule has 1 aromatic carbocycles. The van der Waals surface area contributed by atoms with Crippen LogP contribution in [-0.2, 0) is 16.6 Å². The number of hydrogen-bond acceptors (Lipinski definition) is 2. The first kappa shape index (κ1) is 15.2. The van der Waals surface area contributed by atoms with Gasteiger partial charge < -0.3 is 0 Å². The zero-order chi connectivity index (χ0) is 14.6. The summed E-state index contributed by atoms with van der Waals surface area (Å²) in [5.41, 5.74) is 3.81. The van der Waals surface area contributed by atoms with Crippen molar-refractivity contribution in [2.75, 3.05) is 6.54 Å². The van der Waals surface area contributed by atoms with Gasteiger partial charge in [-0.2, -0.15) is 8.42 Å². The molecule has 1 unspecified atom stereocenters. The molecular weight excluding hydrogens is 272 g/mol. The summed E-state index contributed by atoms with van der Waals surface area (Å²) in [4.78, 5) is 0. The molecule has 1 aromatic rings. The monoisotopic (exact) mass is 294 g/mol. The van der Waals surface area contributed by atoms with E-state index in [2.05, 4.69) is 42.0 Å². The van der Waals surface area contributed by atoms with Crippen molar-refractivity contribution < 1.29 is 8.42 Å². The van der Waals surface area contributed by atoms with Crippen LogP contribution in [0.2, 0.25) is 0 Å². The van der Waals surface area contributed by atoms with E-state index in [1.165, 1.54) is 17.6 Å². The maximum absolute atomic E-state index is 10.8. The number of benzene rings is 1. The summed E-state index contributed by atoms with van der Waals surface area (Å²) in [6.07, 6.45) is 6.55. The van der Waals surface area contributed by atoms with Crippen LogP contribution in [0.25, 0.3) is 5.57 Å². The third-order valence-electron chi connectivity index (χ3n) is 3.71. The molecule has 5 heteroatoms. The largest absolute Gasteiger partial charge is 0.274 e. The summed E-state index contributed by atoms with van der Waals surface area (Å²) in [6, 6.07) is 8.35. The second-order valence-corrected chi connectivity index (χ2v) is 6.87. The first-order valence-electron chi connectivity index (χ1n) is 7.00. The molecule has 110 valence electrons. The van der Waals surface area contributed by atoms with E-state index in [9.17, 15) is 8.42 Å². The van der Waals surface area contributed by atoms with E-state index in [1.54, 1.807) is 0 Å². The van der Waals surface area contributed by atoms with Gasteiger partial charge in [-0.1, -0.05) is 37.3 Å². The number of hydrogen-bond donors (Lipinski definition) is 2. The Balaban J connectivity index is 1.93. The molecule has 20 heavy (non-hydrogen) atoms. The second kappa shape index (κ2) is 6.52. The topological polar surface area (TPSA) is 72.2 Å². The van der Waals surface area contributed by atoms with Gasteiger partial charge in [-0.3, -0.25) is 0 Å². The van der Waals surface area contributed by atoms with E-state index in [4.69, 9.17) is 5.14 Å². The fourth-order valence-electron chi connectivity index (χ4n) is 2.45. The van der Waals surface area contributed by atoms with Crippen LogP contribution in [-0.4, -0.2) is 15.0 Å². The Morgan fingerprint density at radius 3 is 2.55 bits per heavy atom. The van der Waals surface area contributed by atoms with Gasteiger partial charge in [0.2, 0.25) is 0 Å². The van der Waals surface area contributed by atoms with Crippen LogP contribution in [0.4, 0.5) is 0 Å². The zero-order valence-corrected chi connectivity index (χ0v) is 12.6. The van der Waals surface area contributed by atoms with Crippen LogP contribution >= 0.6 is 0 Å². The van der Waals surface area contributed by atoms with Crippen LogP contribution in [0.15, 0.2) is 30.3 Å². The van der Waals surface area contributed by atoms with E-state index in [0.717, 1.165) is 24.3 Å². The molecular formula is C15H22N2O2S. The lowest BCUT2D eigenvalue weighted by Crippen LogP contribution is -2.32. The van der Waals surface area contributed by atoms with Crippen LogP contribution < -0.4 is 9.86 Å². The number of nitrogens with one attached hydrogen (secondary N) is 1. The van der Waals surface area contributed by atoms with Crippen molar-refractivity contribution in [1.29, 1.82) is 0 Å². The quantitative estimate of drug-likeness (QED) is 0.874. The highest BCUT2D eigenvalue weighted by Gasteiger charge is 2.11. The number of allylic oxidation sites excluding steroid dienone is 2. The highest BCUT2D eigenvalue weighted by molar-refractivity contribution is 7.87. The first-order valence-corrected chi connectivity index (χ1v) is 8.54. The Morgan fingerprint density at radius 2 is 2.00 bits per heavy atom. The predicted octanol–water partition coefficient (Wildman–Crippen LogP) is 2.23. The SMILES string of the molecule is CC1CC=C(c2ccc(CCNS(N)(=O)=O)cc2)CC1. The Labute approximate surface area is 121 Å². The lowest BCUT2D eigenvalue weighted by Gasteiger charge is -2.18. The fraction of sp³-hybridized carbons (Fsp3) is 0.467. The molecule has 0 radical (unpaired) electrons. The number of nitrogens with two attached hydrogens (primary N) is 1. The van der Waals surface area contributed by atoms with Gasteiger partial charge in [0, 0.05) is 6.54 Å². The molecule has 0 aliphatic heterocycles. The highest BCUT2D eigenvalue weighted by atomic mass is 32.2. The minimum Gasteiger partial charge on any atom is -0.216 e. The van der Waals surface area contributed by atoms with E-state index in [0.29, 0.717) is 13.0 Å². The van der Waals surface area contributed by atoms with Crippen LogP contribution in [0, 0.1) is 5.92 Å². The van der Waals surface area contributed by atoms with E-state index in [1.807, 2.05) is 0 Å². The van der Waals surface area contributed by atoms with Crippen molar-refractivity contribution >= 4 is 15.8 Å². The molecule has 4 nitrogen and oxygen atoms in total. The van der Waals surface area contributed by atoms with Gasteiger partial charge >= 0.3 is 0 Å². The smallest absolute Gasteiger partial charge is 0.216 e. The number of rotatable bonds is 5. The summed E-state index contributed by atoms with van der Waals surface area (Å²) in [5.74, 6) is 0.794. The molecule has 0 amide bonds. The molecule has 0 aromatic heterocycles. The van der Waals surface area contributed by atoms with Crippen molar-refractivity contribution in [3.8, 4) is 0 Å². The Hall–Kier alpha value is -1.17. The second-order valence-electron chi connectivity index (χ2n) is 5.50. The van der Waals surface area contributed by atoms with E-state index >= 15 is 0 Å². The van der Waals surface area contributed by atoms with Gasteiger partial charge in [-0.25, -0.2) is 9.86 Å². The third kappa shape index (κ3) is 4.74. The normalized spacial score (nSPS) is 19.7. The predicted molar refractivity (Wildman–Crippen MR) is 82.2 cm³/mol. The van der Waals surface area contributed by atoms with Crippen molar-refractivity contribution in [3.05, 3.63) is 41.5 Å².